The summed E-state index contributed by atoms with van der Waals surface area (Å²) in [7, 11) is 0. The van der Waals surface area contributed by atoms with Crippen LogP contribution >= 0.6 is 0 Å². The van der Waals surface area contributed by atoms with E-state index in [-0.39, 0.29) is 0 Å². The van der Waals surface area contributed by atoms with Gasteiger partial charge in [0, 0.05) is 16.6 Å². The Bertz CT molecular complexity index is 2450. The number of nitrogens with zero attached hydrogens (tertiary/aromatic N) is 1. The van der Waals surface area contributed by atoms with Crippen LogP contribution in [0, 0.1) is 0 Å². The van der Waals surface area contributed by atoms with E-state index >= 15 is 0 Å². The lowest BCUT2D eigenvalue weighted by molar-refractivity contribution is 0.768. The van der Waals surface area contributed by atoms with E-state index in [1.807, 2.05) is 0 Å². The van der Waals surface area contributed by atoms with Crippen molar-refractivity contribution in [2.24, 2.45) is 0 Å². The van der Waals surface area contributed by atoms with Crippen LogP contribution in [0.25, 0.3) is 44.2 Å². The van der Waals surface area contributed by atoms with Gasteiger partial charge in [-0.2, -0.15) is 0 Å². The van der Waals surface area contributed by atoms with Crippen LogP contribution in [0.5, 0.6) is 0 Å². The number of anilines is 3. The van der Waals surface area contributed by atoms with Crippen molar-refractivity contribution in [3.63, 3.8) is 0 Å². The number of hydrogen-bond donors (Lipinski definition) is 0. The van der Waals surface area contributed by atoms with E-state index < -0.39 is 5.41 Å². The van der Waals surface area contributed by atoms with Gasteiger partial charge in [0.25, 0.3) is 0 Å². The van der Waals surface area contributed by atoms with Crippen molar-refractivity contribution in [1.29, 1.82) is 0 Å². The van der Waals surface area contributed by atoms with Gasteiger partial charge in [-0.15, -0.1) is 0 Å². The molecule has 0 saturated heterocycles. The van der Waals surface area contributed by atoms with Crippen molar-refractivity contribution < 1.29 is 0 Å². The molecular formula is C47H31N. The summed E-state index contributed by atoms with van der Waals surface area (Å²) < 4.78 is 0. The van der Waals surface area contributed by atoms with Gasteiger partial charge in [0.2, 0.25) is 0 Å². The fraction of sp³-hybridized carbons (Fsp3) is 0.0213. The van der Waals surface area contributed by atoms with Gasteiger partial charge in [0.15, 0.2) is 0 Å². The van der Waals surface area contributed by atoms with Crippen LogP contribution in [0.2, 0.25) is 0 Å². The van der Waals surface area contributed by atoms with Gasteiger partial charge >= 0.3 is 0 Å². The average Bonchev–Trinajstić information content (AvgIpc) is 3.45. The highest BCUT2D eigenvalue weighted by molar-refractivity contribution is 6.15. The largest absolute Gasteiger partial charge is 0.309 e. The van der Waals surface area contributed by atoms with Crippen LogP contribution in [-0.4, -0.2) is 0 Å². The quantitative estimate of drug-likeness (QED) is 0.192. The molecule has 2 aliphatic rings. The van der Waals surface area contributed by atoms with E-state index in [2.05, 4.69) is 193 Å². The first-order valence-corrected chi connectivity index (χ1v) is 16.7. The summed E-state index contributed by atoms with van der Waals surface area (Å²) in [6.45, 7) is 0. The number of hydrogen-bond acceptors (Lipinski definition) is 1. The molecule has 0 amide bonds. The third kappa shape index (κ3) is 3.73. The first-order chi connectivity index (χ1) is 23.8. The molecule has 0 bridgehead atoms. The van der Waals surface area contributed by atoms with Crippen LogP contribution in [0.4, 0.5) is 17.1 Å². The predicted octanol–water partition coefficient (Wildman–Crippen LogP) is 12.3. The summed E-state index contributed by atoms with van der Waals surface area (Å²) in [5, 5.41) is 2.55. The van der Waals surface area contributed by atoms with Crippen molar-refractivity contribution in [3.8, 4) is 33.4 Å². The molecule has 0 fully saturated rings. The second-order valence-corrected chi connectivity index (χ2v) is 12.9. The molecule has 0 unspecified atom stereocenters. The van der Waals surface area contributed by atoms with Crippen LogP contribution < -0.4 is 4.90 Å². The lowest BCUT2D eigenvalue weighted by Gasteiger charge is -2.37. The summed E-state index contributed by atoms with van der Waals surface area (Å²) in [4.78, 5) is 2.50. The van der Waals surface area contributed by atoms with Crippen LogP contribution in [0.1, 0.15) is 22.3 Å². The fourth-order valence-corrected chi connectivity index (χ4v) is 8.47. The summed E-state index contributed by atoms with van der Waals surface area (Å²) in [5.41, 5.74) is 15.8. The molecule has 0 aromatic heterocycles. The molecule has 10 rings (SSSR count). The fourth-order valence-electron chi connectivity index (χ4n) is 8.47. The van der Waals surface area contributed by atoms with Gasteiger partial charge in [-0.1, -0.05) is 158 Å². The van der Waals surface area contributed by atoms with Crippen molar-refractivity contribution in [3.05, 3.63) is 210 Å². The number of rotatable bonds is 4. The Morgan fingerprint density at radius 3 is 1.71 bits per heavy atom. The van der Waals surface area contributed by atoms with Crippen molar-refractivity contribution >= 4 is 27.8 Å². The Kier molecular flexibility index (Phi) is 5.86. The third-order valence-electron chi connectivity index (χ3n) is 10.4. The topological polar surface area (TPSA) is 3.24 Å². The van der Waals surface area contributed by atoms with E-state index in [1.54, 1.807) is 0 Å². The van der Waals surface area contributed by atoms with Crippen molar-refractivity contribution in [2.45, 2.75) is 5.41 Å². The monoisotopic (exact) mass is 609 g/mol. The molecule has 0 spiro atoms. The van der Waals surface area contributed by atoms with E-state index in [9.17, 15) is 0 Å². The zero-order chi connectivity index (χ0) is 31.7. The van der Waals surface area contributed by atoms with Gasteiger partial charge in [0.05, 0.1) is 16.8 Å². The predicted molar refractivity (Wildman–Crippen MR) is 200 cm³/mol. The van der Waals surface area contributed by atoms with E-state index in [0.717, 1.165) is 5.69 Å². The van der Waals surface area contributed by atoms with Crippen molar-refractivity contribution in [2.75, 3.05) is 4.90 Å². The normalized spacial score (nSPS) is 13.5. The van der Waals surface area contributed by atoms with Gasteiger partial charge in [-0.05, 0) is 85.8 Å². The standard InChI is InChI=1S/C47H31N/c1-4-15-32(16-5-1)34-19-12-24-37(29-34)48-44-28-14-18-33-17-13-26-39(46(33)44)41-30-40-38-25-10-11-27-42(38)47(43(40)31-45(41)48,35-20-6-2-7-21-35)36-22-8-3-9-23-36/h1-31H. The minimum Gasteiger partial charge on any atom is -0.309 e. The van der Waals surface area contributed by atoms with Crippen LogP contribution in [0.15, 0.2) is 188 Å². The van der Waals surface area contributed by atoms with Gasteiger partial charge < -0.3 is 4.90 Å². The van der Waals surface area contributed by atoms with Gasteiger partial charge in [-0.25, -0.2) is 0 Å². The Morgan fingerprint density at radius 2 is 0.958 bits per heavy atom. The Labute approximate surface area is 281 Å². The summed E-state index contributed by atoms with van der Waals surface area (Å²) in [6, 6.07) is 69.4. The highest BCUT2D eigenvalue weighted by Gasteiger charge is 2.47. The van der Waals surface area contributed by atoms with Crippen molar-refractivity contribution in [1.82, 2.24) is 0 Å². The second kappa shape index (κ2) is 10.4. The SMILES string of the molecule is c1ccc(-c2cccc(N3c4cc5c(cc4-c4cccc6cccc3c46)-c3ccccc3C5(c3ccccc3)c3ccccc3)c2)cc1. The lowest BCUT2D eigenvalue weighted by atomic mass is 9.67. The molecule has 1 aliphatic heterocycles. The van der Waals surface area contributed by atoms with E-state index in [4.69, 9.17) is 0 Å². The van der Waals surface area contributed by atoms with E-state index in [0.29, 0.717) is 0 Å². The molecule has 1 nitrogen and oxygen atoms in total. The molecule has 1 heteroatoms. The molecule has 1 aliphatic carbocycles. The smallest absolute Gasteiger partial charge is 0.0714 e. The molecule has 8 aromatic carbocycles. The van der Waals surface area contributed by atoms with Gasteiger partial charge in [-0.3, -0.25) is 0 Å². The molecule has 0 N–H and O–H groups in total. The highest BCUT2D eigenvalue weighted by atomic mass is 15.2. The molecule has 1 heterocycles. The number of fused-ring (bicyclic) bond motifs is 5. The summed E-state index contributed by atoms with van der Waals surface area (Å²) >= 11 is 0. The molecule has 0 atom stereocenters. The van der Waals surface area contributed by atoms with Crippen LogP contribution in [-0.2, 0) is 5.41 Å². The number of benzene rings is 8. The molecule has 224 valence electrons. The highest BCUT2D eigenvalue weighted by Crippen LogP contribution is 2.60. The summed E-state index contributed by atoms with van der Waals surface area (Å²) in [5.74, 6) is 0. The van der Waals surface area contributed by atoms with E-state index in [1.165, 1.54) is 77.8 Å². The molecule has 0 saturated carbocycles. The minimum absolute atomic E-state index is 0.468. The maximum absolute atomic E-state index is 2.51. The Hall–Kier alpha value is -6.18. The molecule has 8 aromatic rings. The Morgan fingerprint density at radius 1 is 0.354 bits per heavy atom. The van der Waals surface area contributed by atoms with Crippen LogP contribution in [0.3, 0.4) is 0 Å². The minimum atomic E-state index is -0.468. The maximum atomic E-state index is 2.51. The lowest BCUT2D eigenvalue weighted by Crippen LogP contribution is -2.29. The first-order valence-electron chi connectivity index (χ1n) is 16.7. The summed E-state index contributed by atoms with van der Waals surface area (Å²) in [6.07, 6.45) is 0. The molecule has 0 radical (unpaired) electrons. The van der Waals surface area contributed by atoms with Gasteiger partial charge in [0.1, 0.15) is 0 Å². The second-order valence-electron chi connectivity index (χ2n) is 12.9. The average molecular weight is 610 g/mol. The zero-order valence-corrected chi connectivity index (χ0v) is 26.3. The molecule has 48 heavy (non-hydrogen) atoms. The first kappa shape index (κ1) is 27.0. The zero-order valence-electron chi connectivity index (χ0n) is 26.3. The third-order valence-corrected chi connectivity index (χ3v) is 10.4. The Balaban J connectivity index is 1.33. The maximum Gasteiger partial charge on any atom is 0.0714 e. The molecular weight excluding hydrogens is 579 g/mol.